The van der Waals surface area contributed by atoms with E-state index >= 15 is 0 Å². The number of rotatable bonds is 6. The van der Waals surface area contributed by atoms with Crippen molar-refractivity contribution in [2.24, 2.45) is 0 Å². The summed E-state index contributed by atoms with van der Waals surface area (Å²) >= 11 is 12.1. The average Bonchev–Trinajstić information content (AvgIpc) is 2.71. The predicted molar refractivity (Wildman–Crippen MR) is 113 cm³/mol. The molecule has 0 aliphatic carbocycles. The number of aliphatic carboxylic acids is 1. The van der Waals surface area contributed by atoms with Crippen LogP contribution in [0.3, 0.4) is 0 Å². The molecular weight excluding hydrogens is 454 g/mol. The van der Waals surface area contributed by atoms with Crippen molar-refractivity contribution in [1.82, 2.24) is 4.90 Å². The second-order valence-corrected chi connectivity index (χ2v) is 8.19. The number of carbonyl (C=O) groups is 1. The van der Waals surface area contributed by atoms with Crippen LogP contribution in [0.15, 0.2) is 36.4 Å². The summed E-state index contributed by atoms with van der Waals surface area (Å²) in [6.45, 7) is 2.53. The molecule has 4 nitrogen and oxygen atoms in total. The molecule has 2 atom stereocenters. The zero-order chi connectivity index (χ0) is 22.8. The molecule has 2 aromatic carbocycles. The van der Waals surface area contributed by atoms with Gasteiger partial charge in [0.15, 0.2) is 0 Å². The Morgan fingerprint density at radius 2 is 1.97 bits per heavy atom. The van der Waals surface area contributed by atoms with E-state index in [1.165, 1.54) is 12.1 Å². The first kappa shape index (κ1) is 23.7. The highest BCUT2D eigenvalue weighted by atomic mass is 35.5. The SMILES string of the molecule is CCOc1ccc(Cl)cc1C(c1ccc(Cl)c(C(F)(F)F)c1)N1CCCCC1C(=O)O. The Labute approximate surface area is 188 Å². The smallest absolute Gasteiger partial charge is 0.417 e. The zero-order valence-corrected chi connectivity index (χ0v) is 18.3. The van der Waals surface area contributed by atoms with Crippen LogP contribution < -0.4 is 4.74 Å². The third kappa shape index (κ3) is 5.27. The Morgan fingerprint density at radius 1 is 1.23 bits per heavy atom. The minimum Gasteiger partial charge on any atom is -0.494 e. The van der Waals surface area contributed by atoms with Crippen LogP contribution in [0.5, 0.6) is 5.75 Å². The summed E-state index contributed by atoms with van der Waals surface area (Å²) in [6, 6.07) is 6.90. The molecule has 0 radical (unpaired) electrons. The highest BCUT2D eigenvalue weighted by Gasteiger charge is 2.39. The molecule has 2 aromatic rings. The third-order valence-corrected chi connectivity index (χ3v) is 5.90. The van der Waals surface area contributed by atoms with Crippen LogP contribution in [0, 0.1) is 0 Å². The molecule has 0 amide bonds. The molecule has 2 unspecified atom stereocenters. The number of piperidine rings is 1. The van der Waals surface area contributed by atoms with Crippen LogP contribution >= 0.6 is 23.2 Å². The molecule has 0 aromatic heterocycles. The van der Waals surface area contributed by atoms with Gasteiger partial charge in [-0.1, -0.05) is 35.7 Å². The molecule has 1 N–H and O–H groups in total. The fourth-order valence-electron chi connectivity index (χ4n) is 4.03. The van der Waals surface area contributed by atoms with E-state index in [0.717, 1.165) is 18.9 Å². The van der Waals surface area contributed by atoms with Crippen LogP contribution in [-0.4, -0.2) is 35.2 Å². The van der Waals surface area contributed by atoms with Crippen molar-refractivity contribution in [2.45, 2.75) is 44.4 Å². The highest BCUT2D eigenvalue weighted by Crippen LogP contribution is 2.43. The van der Waals surface area contributed by atoms with E-state index in [-0.39, 0.29) is 5.56 Å². The van der Waals surface area contributed by atoms with Crippen molar-refractivity contribution in [3.8, 4) is 5.75 Å². The van der Waals surface area contributed by atoms with Crippen LogP contribution in [0.1, 0.15) is 48.9 Å². The maximum absolute atomic E-state index is 13.6. The maximum Gasteiger partial charge on any atom is 0.417 e. The number of alkyl halides is 3. The van der Waals surface area contributed by atoms with Gasteiger partial charge in [-0.15, -0.1) is 0 Å². The van der Waals surface area contributed by atoms with E-state index in [2.05, 4.69) is 0 Å². The molecule has 3 rings (SSSR count). The number of hydrogen-bond acceptors (Lipinski definition) is 3. The Kier molecular flexibility index (Phi) is 7.39. The van der Waals surface area contributed by atoms with E-state index in [0.29, 0.717) is 35.9 Å². The fraction of sp³-hybridized carbons (Fsp3) is 0.409. The monoisotopic (exact) mass is 475 g/mol. The van der Waals surface area contributed by atoms with Gasteiger partial charge in [0, 0.05) is 10.6 Å². The van der Waals surface area contributed by atoms with E-state index in [1.807, 2.05) is 0 Å². The minimum atomic E-state index is -4.65. The van der Waals surface area contributed by atoms with Crippen molar-refractivity contribution in [1.29, 1.82) is 0 Å². The number of likely N-dealkylation sites (tertiary alicyclic amines) is 1. The van der Waals surface area contributed by atoms with Gasteiger partial charge in [-0.3, -0.25) is 9.69 Å². The summed E-state index contributed by atoms with van der Waals surface area (Å²) in [5, 5.41) is 9.76. The van der Waals surface area contributed by atoms with Crippen LogP contribution in [0.25, 0.3) is 0 Å². The van der Waals surface area contributed by atoms with E-state index < -0.39 is 34.8 Å². The lowest BCUT2D eigenvalue weighted by molar-refractivity contribution is -0.145. The third-order valence-electron chi connectivity index (χ3n) is 5.34. The molecule has 0 spiro atoms. The van der Waals surface area contributed by atoms with Crippen LogP contribution in [-0.2, 0) is 11.0 Å². The maximum atomic E-state index is 13.6. The predicted octanol–water partition coefficient (Wildman–Crippen LogP) is 6.44. The molecule has 1 fully saturated rings. The average molecular weight is 476 g/mol. The number of benzene rings is 2. The van der Waals surface area contributed by atoms with Crippen molar-refractivity contribution in [2.75, 3.05) is 13.2 Å². The summed E-state index contributed by atoms with van der Waals surface area (Å²) in [7, 11) is 0. The highest BCUT2D eigenvalue weighted by molar-refractivity contribution is 6.31. The van der Waals surface area contributed by atoms with Gasteiger partial charge in [0.2, 0.25) is 0 Å². The summed E-state index contributed by atoms with van der Waals surface area (Å²) in [5.74, 6) is -0.579. The Hall–Kier alpha value is -1.96. The lowest BCUT2D eigenvalue weighted by Crippen LogP contribution is -2.47. The number of ether oxygens (including phenoxy) is 1. The van der Waals surface area contributed by atoms with Crippen molar-refractivity contribution in [3.63, 3.8) is 0 Å². The number of nitrogens with zero attached hydrogens (tertiary/aromatic N) is 1. The van der Waals surface area contributed by atoms with Crippen molar-refractivity contribution in [3.05, 3.63) is 63.1 Å². The summed E-state index contributed by atoms with van der Waals surface area (Å²) in [4.78, 5) is 13.7. The Bertz CT molecular complexity index is 952. The number of halogens is 5. The van der Waals surface area contributed by atoms with Gasteiger partial charge in [0.1, 0.15) is 11.8 Å². The first-order valence-corrected chi connectivity index (χ1v) is 10.7. The largest absolute Gasteiger partial charge is 0.494 e. The topological polar surface area (TPSA) is 49.8 Å². The number of carboxylic acid groups (broad SMARTS) is 1. The molecule has 9 heteroatoms. The molecular formula is C22H22Cl2F3NO3. The van der Waals surface area contributed by atoms with Gasteiger partial charge in [-0.05, 0) is 62.2 Å². The summed E-state index contributed by atoms with van der Waals surface area (Å²) < 4.78 is 46.4. The Morgan fingerprint density at radius 3 is 2.61 bits per heavy atom. The van der Waals surface area contributed by atoms with E-state index in [9.17, 15) is 23.1 Å². The number of carboxylic acids is 1. The van der Waals surface area contributed by atoms with E-state index in [1.54, 1.807) is 30.0 Å². The van der Waals surface area contributed by atoms with Crippen molar-refractivity contribution >= 4 is 29.2 Å². The lowest BCUT2D eigenvalue weighted by Gasteiger charge is -2.40. The zero-order valence-electron chi connectivity index (χ0n) is 16.8. The first-order chi connectivity index (χ1) is 14.6. The van der Waals surface area contributed by atoms with E-state index in [4.69, 9.17) is 27.9 Å². The molecule has 1 aliphatic rings. The molecule has 1 saturated heterocycles. The quantitative estimate of drug-likeness (QED) is 0.522. The Balaban J connectivity index is 2.24. The molecule has 31 heavy (non-hydrogen) atoms. The van der Waals surface area contributed by atoms with Gasteiger partial charge >= 0.3 is 12.1 Å². The summed E-state index contributed by atoms with van der Waals surface area (Å²) in [5.41, 5.74) is -0.188. The van der Waals surface area contributed by atoms with Gasteiger partial charge in [0.05, 0.1) is 23.2 Å². The van der Waals surface area contributed by atoms with Gasteiger partial charge in [0.25, 0.3) is 0 Å². The second kappa shape index (κ2) is 9.67. The molecule has 1 aliphatic heterocycles. The normalized spacial score (nSPS) is 18.6. The van der Waals surface area contributed by atoms with Gasteiger partial charge < -0.3 is 9.84 Å². The number of hydrogen-bond donors (Lipinski definition) is 1. The standard InChI is InChI=1S/C22H22Cl2F3NO3/c1-2-31-19-9-7-14(23)12-15(19)20(28-10-4-3-5-18(28)21(29)30)13-6-8-17(24)16(11-13)22(25,26)27/h6-9,11-12,18,20H,2-5,10H2,1H3,(H,29,30). The molecule has 0 saturated carbocycles. The van der Waals surface area contributed by atoms with Crippen LogP contribution in [0.4, 0.5) is 13.2 Å². The fourth-order valence-corrected chi connectivity index (χ4v) is 4.43. The molecule has 168 valence electrons. The van der Waals surface area contributed by atoms with Gasteiger partial charge in [-0.2, -0.15) is 13.2 Å². The molecule has 1 heterocycles. The minimum absolute atomic E-state index is 0.271. The van der Waals surface area contributed by atoms with Crippen LogP contribution in [0.2, 0.25) is 10.0 Å². The molecule has 0 bridgehead atoms. The first-order valence-electron chi connectivity index (χ1n) is 9.91. The van der Waals surface area contributed by atoms with Gasteiger partial charge in [-0.25, -0.2) is 0 Å². The second-order valence-electron chi connectivity index (χ2n) is 7.34. The summed E-state index contributed by atoms with van der Waals surface area (Å²) in [6.07, 6.45) is -2.80. The van der Waals surface area contributed by atoms with Crippen molar-refractivity contribution < 1.29 is 27.8 Å². The lowest BCUT2D eigenvalue weighted by atomic mass is 9.90.